The highest BCUT2D eigenvalue weighted by molar-refractivity contribution is 7.89. The van der Waals surface area contributed by atoms with Gasteiger partial charge >= 0.3 is 0 Å². The minimum atomic E-state index is -3.66. The number of benzene rings is 1. The third-order valence-corrected chi connectivity index (χ3v) is 7.56. The van der Waals surface area contributed by atoms with E-state index in [2.05, 4.69) is 6.92 Å². The Labute approximate surface area is 155 Å². The maximum atomic E-state index is 12.9. The van der Waals surface area contributed by atoms with E-state index in [1.54, 1.807) is 11.0 Å². The third-order valence-electron chi connectivity index (χ3n) is 5.18. The topological polar surface area (TPSA) is 57.7 Å². The molecule has 0 spiro atoms. The van der Waals surface area contributed by atoms with E-state index in [4.69, 9.17) is 11.6 Å². The fraction of sp³-hybridized carbons (Fsp3) is 0.611. The smallest absolute Gasteiger partial charge is 0.253 e. The first-order valence-electron chi connectivity index (χ1n) is 8.98. The molecular formula is C18H25ClN2O3S. The zero-order valence-electron chi connectivity index (χ0n) is 14.6. The summed E-state index contributed by atoms with van der Waals surface area (Å²) >= 11 is 6.18. The Morgan fingerprint density at radius 1 is 1.08 bits per heavy atom. The first-order valence-corrected chi connectivity index (χ1v) is 10.8. The van der Waals surface area contributed by atoms with Gasteiger partial charge in [-0.3, -0.25) is 4.79 Å². The van der Waals surface area contributed by atoms with E-state index in [-0.39, 0.29) is 15.8 Å². The van der Waals surface area contributed by atoms with Crippen molar-refractivity contribution in [3.8, 4) is 0 Å². The number of piperidine rings is 2. The summed E-state index contributed by atoms with van der Waals surface area (Å²) in [6, 6.07) is 4.60. The second kappa shape index (κ2) is 7.64. The summed E-state index contributed by atoms with van der Waals surface area (Å²) in [5, 5.41) is 0.175. The van der Waals surface area contributed by atoms with E-state index < -0.39 is 10.0 Å². The van der Waals surface area contributed by atoms with Gasteiger partial charge in [0.15, 0.2) is 0 Å². The van der Waals surface area contributed by atoms with Crippen molar-refractivity contribution in [2.24, 2.45) is 5.92 Å². The van der Waals surface area contributed by atoms with E-state index in [1.807, 2.05) is 0 Å². The maximum absolute atomic E-state index is 12.9. The Balaban J connectivity index is 1.86. The van der Waals surface area contributed by atoms with E-state index in [9.17, 15) is 13.2 Å². The van der Waals surface area contributed by atoms with Crippen molar-refractivity contribution >= 4 is 27.5 Å². The number of carbonyl (C=O) groups is 1. The molecule has 2 aliphatic rings. The quantitative estimate of drug-likeness (QED) is 0.802. The predicted octanol–water partition coefficient (Wildman–Crippen LogP) is 3.39. The fourth-order valence-corrected chi connectivity index (χ4v) is 5.49. The molecule has 7 heteroatoms. The molecule has 0 aliphatic carbocycles. The highest BCUT2D eigenvalue weighted by Crippen LogP contribution is 2.29. The first kappa shape index (κ1) is 18.7. The Morgan fingerprint density at radius 2 is 1.72 bits per heavy atom. The van der Waals surface area contributed by atoms with Gasteiger partial charge in [-0.15, -0.1) is 0 Å². The molecule has 2 aliphatic heterocycles. The lowest BCUT2D eigenvalue weighted by Crippen LogP contribution is -2.38. The van der Waals surface area contributed by atoms with Gasteiger partial charge in [0.25, 0.3) is 5.91 Å². The van der Waals surface area contributed by atoms with Crippen molar-refractivity contribution in [2.45, 2.75) is 43.9 Å². The van der Waals surface area contributed by atoms with Gasteiger partial charge in [0.05, 0.1) is 5.02 Å². The lowest BCUT2D eigenvalue weighted by atomic mass is 9.98. The molecule has 3 rings (SSSR count). The van der Waals surface area contributed by atoms with Crippen LogP contribution in [0.2, 0.25) is 5.02 Å². The van der Waals surface area contributed by atoms with E-state index >= 15 is 0 Å². The Morgan fingerprint density at radius 3 is 2.36 bits per heavy atom. The van der Waals surface area contributed by atoms with Crippen molar-refractivity contribution < 1.29 is 13.2 Å². The number of hydrogen-bond acceptors (Lipinski definition) is 3. The minimum absolute atomic E-state index is 0.0484. The van der Waals surface area contributed by atoms with E-state index in [0.717, 1.165) is 45.2 Å². The van der Waals surface area contributed by atoms with Crippen LogP contribution in [0.3, 0.4) is 0 Å². The molecule has 5 nitrogen and oxygen atoms in total. The van der Waals surface area contributed by atoms with Crippen molar-refractivity contribution in [2.75, 3.05) is 26.2 Å². The van der Waals surface area contributed by atoms with Crippen LogP contribution >= 0.6 is 11.6 Å². The lowest BCUT2D eigenvalue weighted by molar-refractivity contribution is 0.0697. The standard InChI is InChI=1S/C18H25ClN2O3S/c1-14-7-11-20(12-8-14)18(22)15-5-6-16(19)17(13-15)25(23,24)21-9-3-2-4-10-21/h5-6,13-14H,2-4,7-12H2,1H3. The van der Waals surface area contributed by atoms with Crippen molar-refractivity contribution in [1.82, 2.24) is 9.21 Å². The molecule has 1 aromatic rings. The highest BCUT2D eigenvalue weighted by Gasteiger charge is 2.29. The van der Waals surface area contributed by atoms with Gasteiger partial charge in [-0.05, 0) is 49.8 Å². The molecule has 25 heavy (non-hydrogen) atoms. The van der Waals surface area contributed by atoms with Crippen LogP contribution in [-0.2, 0) is 10.0 Å². The summed E-state index contributed by atoms with van der Waals surface area (Å²) < 4.78 is 27.3. The lowest BCUT2D eigenvalue weighted by Gasteiger charge is -2.30. The summed E-state index contributed by atoms with van der Waals surface area (Å²) in [6.45, 7) is 4.66. The molecule has 1 amide bonds. The van der Waals surface area contributed by atoms with E-state index in [1.165, 1.54) is 16.4 Å². The van der Waals surface area contributed by atoms with Crippen LogP contribution in [0, 0.1) is 5.92 Å². The molecule has 0 atom stereocenters. The molecule has 0 N–H and O–H groups in total. The maximum Gasteiger partial charge on any atom is 0.253 e. The highest BCUT2D eigenvalue weighted by atomic mass is 35.5. The summed E-state index contributed by atoms with van der Waals surface area (Å²) in [6.07, 6.45) is 4.74. The van der Waals surface area contributed by atoms with Crippen LogP contribution in [0.5, 0.6) is 0 Å². The number of hydrogen-bond donors (Lipinski definition) is 0. The fourth-order valence-electron chi connectivity index (χ4n) is 3.47. The summed E-state index contributed by atoms with van der Waals surface area (Å²) in [5.41, 5.74) is 0.398. The molecular weight excluding hydrogens is 360 g/mol. The average Bonchev–Trinajstić information content (AvgIpc) is 2.63. The molecule has 2 saturated heterocycles. The van der Waals surface area contributed by atoms with Crippen molar-refractivity contribution in [3.05, 3.63) is 28.8 Å². The molecule has 138 valence electrons. The second-order valence-corrected chi connectivity index (χ2v) is 9.40. The first-order chi connectivity index (χ1) is 11.9. The molecule has 2 fully saturated rings. The monoisotopic (exact) mass is 384 g/mol. The van der Waals surface area contributed by atoms with Gasteiger partial charge in [-0.1, -0.05) is 24.9 Å². The van der Waals surface area contributed by atoms with Crippen LogP contribution in [0.4, 0.5) is 0 Å². The Bertz CT molecular complexity index is 737. The number of halogens is 1. The van der Waals surface area contributed by atoms with Crippen LogP contribution in [0.25, 0.3) is 0 Å². The molecule has 2 heterocycles. The number of carbonyl (C=O) groups excluding carboxylic acids is 1. The van der Waals surface area contributed by atoms with Crippen molar-refractivity contribution in [3.63, 3.8) is 0 Å². The number of rotatable bonds is 3. The molecule has 0 aromatic heterocycles. The Hall–Kier alpha value is -1.11. The molecule has 0 radical (unpaired) electrons. The zero-order chi connectivity index (χ0) is 18.0. The summed E-state index contributed by atoms with van der Waals surface area (Å²) in [5.74, 6) is 0.517. The second-order valence-electron chi connectivity index (χ2n) is 7.08. The molecule has 0 unspecified atom stereocenters. The summed E-state index contributed by atoms with van der Waals surface area (Å²) in [7, 11) is -3.66. The third kappa shape index (κ3) is 4.01. The molecule has 1 aromatic carbocycles. The molecule has 0 saturated carbocycles. The van der Waals surface area contributed by atoms with Gasteiger partial charge in [-0.2, -0.15) is 4.31 Å². The predicted molar refractivity (Wildman–Crippen MR) is 98.4 cm³/mol. The molecule has 0 bridgehead atoms. The van der Waals surface area contributed by atoms with Gasteiger partial charge in [0.1, 0.15) is 4.90 Å². The van der Waals surface area contributed by atoms with Crippen molar-refractivity contribution in [1.29, 1.82) is 0 Å². The van der Waals surface area contributed by atoms with E-state index in [0.29, 0.717) is 24.6 Å². The average molecular weight is 385 g/mol. The zero-order valence-corrected chi connectivity index (χ0v) is 16.2. The van der Waals surface area contributed by atoms with Gasteiger partial charge in [0, 0.05) is 31.7 Å². The van der Waals surface area contributed by atoms with Gasteiger partial charge < -0.3 is 4.90 Å². The number of likely N-dealkylation sites (tertiary alicyclic amines) is 1. The number of sulfonamides is 1. The van der Waals surface area contributed by atoms with Crippen LogP contribution in [-0.4, -0.2) is 49.7 Å². The van der Waals surface area contributed by atoms with Gasteiger partial charge in [0.2, 0.25) is 10.0 Å². The minimum Gasteiger partial charge on any atom is -0.339 e. The van der Waals surface area contributed by atoms with Crippen LogP contribution in [0.15, 0.2) is 23.1 Å². The normalized spacial score (nSPS) is 20.6. The van der Waals surface area contributed by atoms with Gasteiger partial charge in [-0.25, -0.2) is 8.42 Å². The number of amides is 1. The SMILES string of the molecule is CC1CCN(C(=O)c2ccc(Cl)c(S(=O)(=O)N3CCCCC3)c2)CC1. The van der Waals surface area contributed by atoms with Crippen LogP contribution < -0.4 is 0 Å². The number of nitrogens with zero attached hydrogens (tertiary/aromatic N) is 2. The summed E-state index contributed by atoms with van der Waals surface area (Å²) in [4.78, 5) is 14.6. The van der Waals surface area contributed by atoms with Crippen LogP contribution in [0.1, 0.15) is 49.4 Å². The largest absolute Gasteiger partial charge is 0.339 e. The Kier molecular flexibility index (Phi) is 5.71.